The first kappa shape index (κ1) is 19.0. The van der Waals surface area contributed by atoms with Gasteiger partial charge in [0.2, 0.25) is 0 Å². The van der Waals surface area contributed by atoms with Crippen LogP contribution in [0.4, 0.5) is 17.1 Å². The van der Waals surface area contributed by atoms with Gasteiger partial charge in [0.05, 0.1) is 5.69 Å². The van der Waals surface area contributed by atoms with Crippen LogP contribution in [0.2, 0.25) is 0 Å². The molecule has 0 spiro atoms. The van der Waals surface area contributed by atoms with E-state index in [0.29, 0.717) is 0 Å². The summed E-state index contributed by atoms with van der Waals surface area (Å²) in [5, 5.41) is 5.81. The molecule has 1 aromatic carbocycles. The molecule has 140 valence electrons. The monoisotopic (exact) mass is 368 g/mol. The Kier molecular flexibility index (Phi) is 5.47. The number of nitrogens with one attached hydrogen (secondary N) is 1. The Hall–Kier alpha value is -1.74. The molecule has 1 aliphatic heterocycles. The highest BCUT2D eigenvalue weighted by Gasteiger charge is 2.20. The highest BCUT2D eigenvalue weighted by Crippen LogP contribution is 2.38. The molecule has 3 heteroatoms. The predicted molar refractivity (Wildman–Crippen MR) is 117 cm³/mol. The number of hydrogen-bond acceptors (Lipinski definition) is 3. The number of benzene rings is 1. The van der Waals surface area contributed by atoms with Crippen molar-refractivity contribution in [1.29, 1.82) is 0 Å². The zero-order valence-corrected chi connectivity index (χ0v) is 17.7. The van der Waals surface area contributed by atoms with Gasteiger partial charge >= 0.3 is 0 Å². The number of anilines is 3. The van der Waals surface area contributed by atoms with Gasteiger partial charge in [0.15, 0.2) is 0 Å². The minimum Gasteiger partial charge on any atom is -0.359 e. The number of hydrogen-bond donors (Lipinski definition) is 1. The van der Waals surface area contributed by atoms with Gasteiger partial charge < -0.3 is 10.2 Å². The Balaban J connectivity index is 1.87. The summed E-state index contributed by atoms with van der Waals surface area (Å²) in [5.74, 6) is 0. The number of allylic oxidation sites excluding steroid dienone is 1. The molecule has 0 unspecified atom stereocenters. The molecule has 2 aromatic rings. The van der Waals surface area contributed by atoms with Crippen molar-refractivity contribution < 1.29 is 0 Å². The Bertz CT molecular complexity index is 772. The molecular weight excluding hydrogens is 336 g/mol. The summed E-state index contributed by atoms with van der Waals surface area (Å²) in [5.41, 5.74) is 7.84. The summed E-state index contributed by atoms with van der Waals surface area (Å²) in [6, 6.07) is 6.94. The topological polar surface area (TPSA) is 15.3 Å². The summed E-state index contributed by atoms with van der Waals surface area (Å²) in [6.07, 6.45) is 4.72. The van der Waals surface area contributed by atoms with E-state index in [9.17, 15) is 0 Å². The average molecular weight is 369 g/mol. The molecule has 0 saturated heterocycles. The molecule has 2 heterocycles. The lowest BCUT2D eigenvalue weighted by atomic mass is 9.90. The van der Waals surface area contributed by atoms with Crippen molar-refractivity contribution in [3.63, 3.8) is 0 Å². The molecule has 2 nitrogen and oxygen atoms in total. The summed E-state index contributed by atoms with van der Waals surface area (Å²) in [6.45, 7) is 16.5. The van der Waals surface area contributed by atoms with Crippen LogP contribution in [0.3, 0.4) is 0 Å². The van der Waals surface area contributed by atoms with Crippen molar-refractivity contribution in [3.05, 3.63) is 51.9 Å². The smallest absolute Gasteiger partial charge is 0.0552 e. The number of nitrogens with zero attached hydrogens (tertiary/aromatic N) is 1. The fourth-order valence-corrected chi connectivity index (χ4v) is 4.78. The summed E-state index contributed by atoms with van der Waals surface area (Å²) >= 11 is 1.90. The second kappa shape index (κ2) is 7.48. The van der Waals surface area contributed by atoms with Crippen molar-refractivity contribution in [1.82, 2.24) is 0 Å². The Morgan fingerprint density at radius 3 is 2.54 bits per heavy atom. The summed E-state index contributed by atoms with van der Waals surface area (Å²) in [7, 11) is 0. The van der Waals surface area contributed by atoms with Crippen molar-refractivity contribution in [3.8, 4) is 0 Å². The van der Waals surface area contributed by atoms with Crippen LogP contribution in [-0.2, 0) is 6.42 Å². The number of aryl methyl sites for hydroxylation is 3. The SMILES string of the molecule is C=C(CC(C)(C)C)Nc1c(C)cc(N2CCCCc3sccc32)cc1C. The standard InChI is InChI=1S/C23H32N2S/c1-16-13-19(25-11-8-7-9-21-20(25)10-12-26-21)14-17(2)22(16)24-18(3)15-23(4,5)6/h10,12-14,24H,3,7-9,11,15H2,1-2,4-6H3. The Labute approximate surface area is 162 Å². The second-order valence-corrected chi connectivity index (χ2v) is 9.76. The molecule has 0 radical (unpaired) electrons. The van der Waals surface area contributed by atoms with Gasteiger partial charge in [-0.3, -0.25) is 0 Å². The molecule has 1 aromatic heterocycles. The number of thiophene rings is 1. The molecule has 0 aliphatic carbocycles. The summed E-state index contributed by atoms with van der Waals surface area (Å²) < 4.78 is 0. The zero-order valence-electron chi connectivity index (χ0n) is 16.9. The maximum absolute atomic E-state index is 4.24. The van der Waals surface area contributed by atoms with Gasteiger partial charge in [-0.1, -0.05) is 27.4 Å². The van der Waals surface area contributed by atoms with E-state index in [4.69, 9.17) is 0 Å². The molecular formula is C23H32N2S. The highest BCUT2D eigenvalue weighted by molar-refractivity contribution is 7.10. The number of fused-ring (bicyclic) bond motifs is 1. The second-order valence-electron chi connectivity index (χ2n) is 8.76. The van der Waals surface area contributed by atoms with E-state index in [0.717, 1.165) is 18.7 Å². The van der Waals surface area contributed by atoms with Crippen molar-refractivity contribution in [2.75, 3.05) is 16.8 Å². The lowest BCUT2D eigenvalue weighted by Crippen LogP contribution is -2.18. The lowest BCUT2D eigenvalue weighted by molar-refractivity contribution is 0.411. The van der Waals surface area contributed by atoms with E-state index in [2.05, 4.69) is 75.0 Å². The van der Waals surface area contributed by atoms with E-state index in [-0.39, 0.29) is 5.41 Å². The molecule has 1 N–H and O–H groups in total. The van der Waals surface area contributed by atoms with Crippen molar-refractivity contribution in [2.45, 2.75) is 60.3 Å². The first-order valence-corrected chi connectivity index (χ1v) is 10.5. The average Bonchev–Trinajstić information content (AvgIpc) is 2.88. The van der Waals surface area contributed by atoms with Crippen molar-refractivity contribution in [2.24, 2.45) is 5.41 Å². The lowest BCUT2D eigenvalue weighted by Gasteiger charge is -2.26. The highest BCUT2D eigenvalue weighted by atomic mass is 32.1. The third-order valence-electron chi connectivity index (χ3n) is 4.92. The van der Waals surface area contributed by atoms with Crippen LogP contribution < -0.4 is 10.2 Å². The predicted octanol–water partition coefficient (Wildman–Crippen LogP) is 7.20. The third-order valence-corrected chi connectivity index (χ3v) is 5.89. The molecule has 3 rings (SSSR count). The van der Waals surface area contributed by atoms with E-state index < -0.39 is 0 Å². The van der Waals surface area contributed by atoms with E-state index in [1.807, 2.05) is 11.3 Å². The molecule has 26 heavy (non-hydrogen) atoms. The van der Waals surface area contributed by atoms with Gasteiger partial charge in [0.25, 0.3) is 0 Å². The molecule has 0 bridgehead atoms. The minimum atomic E-state index is 0.243. The van der Waals surface area contributed by atoms with Crippen LogP contribution in [0, 0.1) is 19.3 Å². The molecule has 0 amide bonds. The van der Waals surface area contributed by atoms with Crippen LogP contribution in [0.15, 0.2) is 35.9 Å². The fourth-order valence-electron chi connectivity index (χ4n) is 3.86. The van der Waals surface area contributed by atoms with Gasteiger partial charge in [-0.15, -0.1) is 11.3 Å². The van der Waals surface area contributed by atoms with Crippen molar-refractivity contribution >= 4 is 28.4 Å². The maximum atomic E-state index is 4.24. The fraction of sp³-hybridized carbons (Fsp3) is 0.478. The normalized spacial score (nSPS) is 14.7. The molecule has 1 aliphatic rings. The molecule has 0 saturated carbocycles. The quantitative estimate of drug-likeness (QED) is 0.613. The van der Waals surface area contributed by atoms with Crippen LogP contribution in [0.25, 0.3) is 0 Å². The zero-order chi connectivity index (χ0) is 18.9. The number of rotatable bonds is 4. The molecule has 0 fully saturated rings. The first-order valence-electron chi connectivity index (χ1n) is 9.64. The molecule has 0 atom stereocenters. The van der Waals surface area contributed by atoms with Crippen LogP contribution in [0.1, 0.15) is 56.0 Å². The first-order chi connectivity index (χ1) is 12.2. The van der Waals surface area contributed by atoms with Crippen LogP contribution >= 0.6 is 11.3 Å². The minimum absolute atomic E-state index is 0.243. The van der Waals surface area contributed by atoms with Crippen LogP contribution in [-0.4, -0.2) is 6.54 Å². The van der Waals surface area contributed by atoms with Gasteiger partial charge in [0, 0.05) is 28.5 Å². The van der Waals surface area contributed by atoms with Gasteiger partial charge in [0.1, 0.15) is 0 Å². The largest absolute Gasteiger partial charge is 0.359 e. The Morgan fingerprint density at radius 1 is 1.19 bits per heavy atom. The van der Waals surface area contributed by atoms with E-state index in [1.165, 1.54) is 52.3 Å². The van der Waals surface area contributed by atoms with Gasteiger partial charge in [-0.05, 0) is 79.7 Å². The summed E-state index contributed by atoms with van der Waals surface area (Å²) in [4.78, 5) is 4.03. The van der Waals surface area contributed by atoms with Gasteiger partial charge in [-0.25, -0.2) is 0 Å². The Morgan fingerprint density at radius 2 is 1.88 bits per heavy atom. The van der Waals surface area contributed by atoms with E-state index >= 15 is 0 Å². The van der Waals surface area contributed by atoms with E-state index in [1.54, 1.807) is 0 Å². The maximum Gasteiger partial charge on any atom is 0.0552 e. The van der Waals surface area contributed by atoms with Gasteiger partial charge in [-0.2, -0.15) is 0 Å². The van der Waals surface area contributed by atoms with Crippen LogP contribution in [0.5, 0.6) is 0 Å². The third kappa shape index (κ3) is 4.32.